The zero-order valence-corrected chi connectivity index (χ0v) is 13.2. The first-order valence-electron chi connectivity index (χ1n) is 7.02. The molecule has 0 saturated heterocycles. The van der Waals surface area contributed by atoms with Crippen LogP contribution in [0, 0.1) is 10.8 Å². The van der Waals surface area contributed by atoms with Gasteiger partial charge in [-0.05, 0) is 40.5 Å². The molecule has 0 bridgehead atoms. The molecule has 0 aliphatic heterocycles. The highest BCUT2D eigenvalue weighted by atomic mass is 16.6. The minimum atomic E-state index is -0.481. The number of esters is 2. The van der Waals surface area contributed by atoms with Crippen molar-refractivity contribution in [3.05, 3.63) is 0 Å². The van der Waals surface area contributed by atoms with Gasteiger partial charge >= 0.3 is 11.9 Å². The molecule has 0 aliphatic rings. The Hall–Kier alpha value is -1.06. The van der Waals surface area contributed by atoms with Gasteiger partial charge < -0.3 is 9.47 Å². The largest absolute Gasteiger partial charge is 0.462 e. The maximum absolute atomic E-state index is 11.8. The van der Waals surface area contributed by atoms with Gasteiger partial charge in [0.2, 0.25) is 0 Å². The van der Waals surface area contributed by atoms with E-state index in [1.54, 1.807) is 0 Å². The molecule has 0 radical (unpaired) electrons. The van der Waals surface area contributed by atoms with Gasteiger partial charge in [0.05, 0.1) is 10.8 Å². The quantitative estimate of drug-likeness (QED) is 0.502. The first kappa shape index (κ1) is 17.9. The highest BCUT2D eigenvalue weighted by molar-refractivity contribution is 5.76. The van der Waals surface area contributed by atoms with E-state index in [-0.39, 0.29) is 25.2 Å². The van der Waals surface area contributed by atoms with E-state index in [0.29, 0.717) is 0 Å². The summed E-state index contributed by atoms with van der Waals surface area (Å²) in [5.41, 5.74) is -0.951. The lowest BCUT2D eigenvalue weighted by molar-refractivity contribution is -0.163. The normalized spacial score (nSPS) is 12.1. The van der Waals surface area contributed by atoms with E-state index in [9.17, 15) is 9.59 Å². The lowest BCUT2D eigenvalue weighted by Gasteiger charge is -2.22. The molecule has 112 valence electrons. The molecule has 4 heteroatoms. The molecule has 0 rings (SSSR count). The van der Waals surface area contributed by atoms with Crippen molar-refractivity contribution >= 4 is 11.9 Å². The molecule has 0 unspecified atom stereocenters. The second-order valence-electron chi connectivity index (χ2n) is 6.14. The van der Waals surface area contributed by atoms with Gasteiger partial charge in [-0.15, -0.1) is 0 Å². The molecule has 0 aliphatic carbocycles. The second-order valence-corrected chi connectivity index (χ2v) is 6.14. The highest BCUT2D eigenvalue weighted by Crippen LogP contribution is 2.24. The Kier molecular flexibility index (Phi) is 7.09. The number of hydrogen-bond acceptors (Lipinski definition) is 4. The highest BCUT2D eigenvalue weighted by Gasteiger charge is 2.29. The van der Waals surface area contributed by atoms with Crippen LogP contribution in [0.2, 0.25) is 0 Å². The van der Waals surface area contributed by atoms with E-state index < -0.39 is 10.8 Å². The van der Waals surface area contributed by atoms with E-state index in [4.69, 9.17) is 9.47 Å². The fourth-order valence-electron chi connectivity index (χ4n) is 1.53. The second kappa shape index (κ2) is 7.51. The number of hydrogen-bond donors (Lipinski definition) is 0. The van der Waals surface area contributed by atoms with Crippen LogP contribution in [0.3, 0.4) is 0 Å². The zero-order chi connectivity index (χ0) is 15.1. The van der Waals surface area contributed by atoms with E-state index in [2.05, 4.69) is 0 Å². The molecule has 0 fully saturated rings. The van der Waals surface area contributed by atoms with Gasteiger partial charge in [-0.25, -0.2) is 0 Å². The topological polar surface area (TPSA) is 52.6 Å². The van der Waals surface area contributed by atoms with Gasteiger partial charge in [-0.1, -0.05) is 20.3 Å². The van der Waals surface area contributed by atoms with Crippen LogP contribution in [0.25, 0.3) is 0 Å². The van der Waals surface area contributed by atoms with Crippen LogP contribution in [0.1, 0.15) is 60.8 Å². The minimum Gasteiger partial charge on any atom is -0.462 e. The molecule has 0 N–H and O–H groups in total. The van der Waals surface area contributed by atoms with Crippen LogP contribution < -0.4 is 0 Å². The summed E-state index contributed by atoms with van der Waals surface area (Å²) < 4.78 is 10.2. The van der Waals surface area contributed by atoms with Gasteiger partial charge in [0.1, 0.15) is 13.2 Å². The average Bonchev–Trinajstić information content (AvgIpc) is 2.33. The SMILES string of the molecule is CCCC(C)(C)C(=O)OCCOC(=O)C(C)(C)CC. The molecule has 0 aromatic heterocycles. The van der Waals surface area contributed by atoms with Crippen molar-refractivity contribution in [2.45, 2.75) is 60.8 Å². The van der Waals surface area contributed by atoms with Gasteiger partial charge in [-0.3, -0.25) is 9.59 Å². The summed E-state index contributed by atoms with van der Waals surface area (Å²) in [6.45, 7) is 11.6. The summed E-state index contributed by atoms with van der Waals surface area (Å²) in [5, 5.41) is 0. The van der Waals surface area contributed by atoms with Crippen LogP contribution in [0.15, 0.2) is 0 Å². The maximum atomic E-state index is 11.8. The average molecular weight is 272 g/mol. The smallest absolute Gasteiger partial charge is 0.311 e. The summed E-state index contributed by atoms with van der Waals surface area (Å²) in [5.74, 6) is -0.487. The molecular formula is C15H28O4. The third-order valence-electron chi connectivity index (χ3n) is 3.41. The lowest BCUT2D eigenvalue weighted by Crippen LogP contribution is -2.30. The van der Waals surface area contributed by atoms with Crippen molar-refractivity contribution in [1.82, 2.24) is 0 Å². The third kappa shape index (κ3) is 6.08. The molecule has 0 saturated carbocycles. The Morgan fingerprint density at radius 1 is 0.842 bits per heavy atom. The molecule has 0 amide bonds. The Labute approximate surface area is 116 Å². The van der Waals surface area contributed by atoms with Crippen LogP contribution in [-0.2, 0) is 19.1 Å². The lowest BCUT2D eigenvalue weighted by atomic mass is 9.88. The van der Waals surface area contributed by atoms with E-state index in [1.807, 2.05) is 41.5 Å². The third-order valence-corrected chi connectivity index (χ3v) is 3.41. The maximum Gasteiger partial charge on any atom is 0.311 e. The van der Waals surface area contributed by atoms with E-state index >= 15 is 0 Å². The Bertz CT molecular complexity index is 305. The fourth-order valence-corrected chi connectivity index (χ4v) is 1.53. The van der Waals surface area contributed by atoms with E-state index in [0.717, 1.165) is 19.3 Å². The Morgan fingerprint density at radius 3 is 1.63 bits per heavy atom. The molecule has 0 aromatic carbocycles. The van der Waals surface area contributed by atoms with Crippen molar-refractivity contribution in [3.63, 3.8) is 0 Å². The summed E-state index contributed by atoms with van der Waals surface area (Å²) >= 11 is 0. The number of rotatable bonds is 8. The van der Waals surface area contributed by atoms with Crippen molar-refractivity contribution in [1.29, 1.82) is 0 Å². The Morgan fingerprint density at radius 2 is 1.26 bits per heavy atom. The van der Waals surface area contributed by atoms with Gasteiger partial charge in [-0.2, -0.15) is 0 Å². The number of carbonyl (C=O) groups excluding carboxylic acids is 2. The number of carbonyl (C=O) groups is 2. The molecule has 0 aromatic rings. The standard InChI is InChI=1S/C15H28O4/c1-7-9-15(5,6)13(17)19-11-10-18-12(16)14(3,4)8-2/h7-11H2,1-6H3. The molecule has 0 heterocycles. The van der Waals surface area contributed by atoms with Crippen molar-refractivity contribution < 1.29 is 19.1 Å². The summed E-state index contributed by atoms with van der Waals surface area (Å²) in [6.07, 6.45) is 2.44. The van der Waals surface area contributed by atoms with Crippen LogP contribution in [-0.4, -0.2) is 25.2 Å². The van der Waals surface area contributed by atoms with Crippen LogP contribution in [0.4, 0.5) is 0 Å². The molecule has 0 spiro atoms. The van der Waals surface area contributed by atoms with Crippen molar-refractivity contribution in [2.24, 2.45) is 10.8 Å². The molecular weight excluding hydrogens is 244 g/mol. The van der Waals surface area contributed by atoms with Gasteiger partial charge in [0.25, 0.3) is 0 Å². The Balaban J connectivity index is 4.00. The monoisotopic (exact) mass is 272 g/mol. The molecule has 19 heavy (non-hydrogen) atoms. The summed E-state index contributed by atoms with van der Waals surface area (Å²) in [4.78, 5) is 23.5. The predicted molar refractivity (Wildman–Crippen MR) is 74.7 cm³/mol. The summed E-state index contributed by atoms with van der Waals surface area (Å²) in [6, 6.07) is 0. The van der Waals surface area contributed by atoms with Crippen molar-refractivity contribution in [3.8, 4) is 0 Å². The van der Waals surface area contributed by atoms with Crippen LogP contribution >= 0.6 is 0 Å². The summed E-state index contributed by atoms with van der Waals surface area (Å²) in [7, 11) is 0. The predicted octanol–water partition coefficient (Wildman–Crippen LogP) is 3.34. The number of ether oxygens (including phenoxy) is 2. The van der Waals surface area contributed by atoms with Gasteiger partial charge in [0, 0.05) is 0 Å². The van der Waals surface area contributed by atoms with Crippen molar-refractivity contribution in [2.75, 3.05) is 13.2 Å². The first-order valence-corrected chi connectivity index (χ1v) is 7.02. The first-order chi connectivity index (χ1) is 8.67. The molecule has 0 atom stereocenters. The zero-order valence-electron chi connectivity index (χ0n) is 13.2. The fraction of sp³-hybridized carbons (Fsp3) is 0.867. The molecule has 4 nitrogen and oxygen atoms in total. The minimum absolute atomic E-state index is 0.121. The van der Waals surface area contributed by atoms with Gasteiger partial charge in [0.15, 0.2) is 0 Å². The van der Waals surface area contributed by atoms with E-state index in [1.165, 1.54) is 0 Å². The van der Waals surface area contributed by atoms with Crippen LogP contribution in [0.5, 0.6) is 0 Å².